The van der Waals surface area contributed by atoms with Gasteiger partial charge in [0.1, 0.15) is 5.75 Å². The summed E-state index contributed by atoms with van der Waals surface area (Å²) in [5, 5.41) is 17.2. The lowest BCUT2D eigenvalue weighted by atomic mass is 9.83. The number of benzene rings is 1. The molecule has 0 radical (unpaired) electrons. The van der Waals surface area contributed by atoms with Gasteiger partial charge in [-0.05, 0) is 24.9 Å². The van der Waals surface area contributed by atoms with Crippen molar-refractivity contribution < 1.29 is 14.8 Å². The summed E-state index contributed by atoms with van der Waals surface area (Å²) in [7, 11) is -1.17. The minimum atomic E-state index is -1.17. The molecule has 0 heterocycles. The predicted molar refractivity (Wildman–Crippen MR) is 72.0 cm³/mol. The van der Waals surface area contributed by atoms with Crippen molar-refractivity contribution in [1.82, 2.24) is 0 Å². The highest BCUT2D eigenvalue weighted by molar-refractivity contribution is 6.40. The zero-order chi connectivity index (χ0) is 12.9. The van der Waals surface area contributed by atoms with Crippen LogP contribution >= 0.6 is 0 Å². The first kappa shape index (κ1) is 15.7. The molecular weight excluding hydrogens is 215 g/mol. The number of unbranched alkanes of at least 4 members (excludes halogenated alkanes) is 2. The number of hydrogen-bond acceptors (Lipinski definition) is 3. The van der Waals surface area contributed by atoms with Crippen LogP contribution in [0.1, 0.15) is 19.3 Å². The van der Waals surface area contributed by atoms with Crippen molar-refractivity contribution in [2.24, 2.45) is 0 Å². The Labute approximate surface area is 104 Å². The molecule has 0 aliphatic heterocycles. The smallest absolute Gasteiger partial charge is 0.451 e. The van der Waals surface area contributed by atoms with E-state index >= 15 is 0 Å². The molecule has 0 spiro atoms. The highest BCUT2D eigenvalue weighted by Gasteiger charge is 2.04. The second-order valence-electron chi connectivity index (χ2n) is 3.49. The monoisotopic (exact) mass is 236 g/mol. The van der Waals surface area contributed by atoms with Crippen molar-refractivity contribution in [1.29, 1.82) is 0 Å². The van der Waals surface area contributed by atoms with Gasteiger partial charge in [0.2, 0.25) is 0 Å². The molecule has 0 amide bonds. The Kier molecular flexibility index (Phi) is 10.4. The van der Waals surface area contributed by atoms with E-state index in [-0.39, 0.29) is 0 Å². The van der Waals surface area contributed by atoms with E-state index in [1.54, 1.807) is 0 Å². The molecule has 0 bridgehead atoms. The molecule has 0 unspecified atom stereocenters. The maximum atomic E-state index is 8.61. The zero-order valence-corrected chi connectivity index (χ0v) is 10.2. The number of ether oxygens (including phenoxy) is 1. The van der Waals surface area contributed by atoms with E-state index in [9.17, 15) is 0 Å². The van der Waals surface area contributed by atoms with Crippen molar-refractivity contribution in [3.63, 3.8) is 0 Å². The second-order valence-corrected chi connectivity index (χ2v) is 3.49. The van der Waals surface area contributed by atoms with E-state index < -0.39 is 7.12 Å². The van der Waals surface area contributed by atoms with Gasteiger partial charge >= 0.3 is 7.12 Å². The third-order valence-electron chi connectivity index (χ3n) is 2.12. The first-order valence-corrected chi connectivity index (χ1v) is 5.83. The summed E-state index contributed by atoms with van der Waals surface area (Å²) >= 11 is 0. The number of hydrogen-bond donors (Lipinski definition) is 2. The van der Waals surface area contributed by atoms with Gasteiger partial charge in [0.25, 0.3) is 0 Å². The van der Waals surface area contributed by atoms with Crippen LogP contribution < -0.4 is 4.74 Å². The molecule has 1 aromatic carbocycles. The molecule has 0 aliphatic rings. The van der Waals surface area contributed by atoms with Crippen LogP contribution in [0.15, 0.2) is 43.5 Å². The van der Waals surface area contributed by atoms with Crippen LogP contribution in [0.5, 0.6) is 5.75 Å². The molecule has 2 N–H and O–H groups in total. The molecule has 0 aliphatic carbocycles. The lowest BCUT2D eigenvalue weighted by molar-refractivity contribution is 0.305. The summed E-state index contributed by atoms with van der Waals surface area (Å²) in [6.07, 6.45) is 3.19. The van der Waals surface area contributed by atoms with Crippen LogP contribution in [-0.2, 0) is 0 Å². The second kappa shape index (κ2) is 11.2. The molecule has 94 valence electrons. The van der Waals surface area contributed by atoms with Gasteiger partial charge in [0.05, 0.1) is 6.61 Å². The van der Waals surface area contributed by atoms with Crippen molar-refractivity contribution in [3.8, 4) is 5.75 Å². The summed E-state index contributed by atoms with van der Waals surface area (Å²) in [6.45, 7) is 6.69. The van der Waals surface area contributed by atoms with Crippen LogP contribution in [0, 0.1) is 0 Å². The average molecular weight is 236 g/mol. The number of rotatable bonds is 7. The van der Waals surface area contributed by atoms with Gasteiger partial charge in [-0.2, -0.15) is 0 Å². The Morgan fingerprint density at radius 2 is 1.65 bits per heavy atom. The normalized spacial score (nSPS) is 9.06. The van der Waals surface area contributed by atoms with E-state index in [4.69, 9.17) is 14.8 Å². The Bertz CT molecular complexity index is 265. The van der Waals surface area contributed by atoms with E-state index in [0.717, 1.165) is 25.0 Å². The van der Waals surface area contributed by atoms with Gasteiger partial charge in [-0.15, -0.1) is 13.2 Å². The fourth-order valence-electron chi connectivity index (χ4n) is 1.31. The molecule has 1 aromatic rings. The van der Waals surface area contributed by atoms with E-state index in [1.165, 1.54) is 0 Å². The fraction of sp³-hybridized carbons (Fsp3) is 0.385. The molecule has 0 saturated heterocycles. The fourth-order valence-corrected chi connectivity index (χ4v) is 1.31. The molecular formula is C13H21BO3. The number of para-hydroxylation sites is 1. The van der Waals surface area contributed by atoms with E-state index in [2.05, 4.69) is 13.2 Å². The van der Waals surface area contributed by atoms with Gasteiger partial charge in [-0.3, -0.25) is 0 Å². The molecule has 3 nitrogen and oxygen atoms in total. The molecule has 1 rings (SSSR count). The van der Waals surface area contributed by atoms with Gasteiger partial charge < -0.3 is 14.8 Å². The van der Waals surface area contributed by atoms with Crippen LogP contribution in [0.25, 0.3) is 0 Å². The highest BCUT2D eigenvalue weighted by atomic mass is 16.5. The molecule has 0 fully saturated rings. The summed E-state index contributed by atoms with van der Waals surface area (Å²) in [4.78, 5) is 0. The van der Waals surface area contributed by atoms with Gasteiger partial charge in [0.15, 0.2) is 0 Å². The summed E-state index contributed by atoms with van der Waals surface area (Å²) in [6, 6.07) is 9.69. The van der Waals surface area contributed by atoms with Gasteiger partial charge in [-0.25, -0.2) is 0 Å². The Morgan fingerprint density at radius 1 is 1.00 bits per heavy atom. The molecule has 0 saturated carbocycles. The third kappa shape index (κ3) is 9.66. The minimum Gasteiger partial charge on any atom is -0.494 e. The summed E-state index contributed by atoms with van der Waals surface area (Å²) in [5.74, 6) is 0.889. The largest absolute Gasteiger partial charge is 0.494 e. The lowest BCUT2D eigenvalue weighted by Crippen LogP contribution is -2.09. The van der Waals surface area contributed by atoms with Crippen molar-refractivity contribution in [2.45, 2.75) is 25.6 Å². The highest BCUT2D eigenvalue weighted by Crippen LogP contribution is 2.09. The van der Waals surface area contributed by atoms with Gasteiger partial charge in [0, 0.05) is 0 Å². The van der Waals surface area contributed by atoms with Crippen molar-refractivity contribution >= 4 is 7.12 Å². The maximum absolute atomic E-state index is 8.61. The predicted octanol–water partition coefficient (Wildman–Crippen LogP) is 2.51. The topological polar surface area (TPSA) is 49.7 Å². The Hall–Kier alpha value is -1.26. The van der Waals surface area contributed by atoms with E-state index in [1.807, 2.05) is 30.3 Å². The SMILES string of the molecule is C=C.OB(O)CCCCCOc1ccccc1. The average Bonchev–Trinajstić information content (AvgIpc) is 2.37. The lowest BCUT2D eigenvalue weighted by Gasteiger charge is -2.05. The van der Waals surface area contributed by atoms with Crippen LogP contribution in [0.3, 0.4) is 0 Å². The Morgan fingerprint density at radius 3 is 2.24 bits per heavy atom. The maximum Gasteiger partial charge on any atom is 0.451 e. The summed E-state index contributed by atoms with van der Waals surface area (Å²) < 4.78 is 5.49. The quantitative estimate of drug-likeness (QED) is 0.434. The molecule has 0 atom stereocenters. The van der Waals surface area contributed by atoms with E-state index in [0.29, 0.717) is 12.9 Å². The molecule has 0 aromatic heterocycles. The van der Waals surface area contributed by atoms with Crippen LogP contribution in [0.4, 0.5) is 0 Å². The third-order valence-corrected chi connectivity index (χ3v) is 2.12. The molecule has 4 heteroatoms. The van der Waals surface area contributed by atoms with Crippen molar-refractivity contribution in [3.05, 3.63) is 43.5 Å². The minimum absolute atomic E-state index is 0.450. The standard InChI is InChI=1S/C11H17BO3.C2H4/c13-12(14)9-5-2-6-10-15-11-7-3-1-4-8-11;1-2/h1,3-4,7-8,13-14H,2,5-6,9-10H2;1-2H2. The van der Waals surface area contributed by atoms with Crippen molar-refractivity contribution in [2.75, 3.05) is 6.61 Å². The van der Waals surface area contributed by atoms with Crippen LogP contribution in [-0.4, -0.2) is 23.8 Å². The van der Waals surface area contributed by atoms with Crippen LogP contribution in [0.2, 0.25) is 6.32 Å². The first-order chi connectivity index (χ1) is 8.29. The first-order valence-electron chi connectivity index (χ1n) is 5.83. The zero-order valence-electron chi connectivity index (χ0n) is 10.2. The Balaban J connectivity index is 0.00000121. The summed E-state index contributed by atoms with van der Waals surface area (Å²) in [5.41, 5.74) is 0. The van der Waals surface area contributed by atoms with Gasteiger partial charge in [-0.1, -0.05) is 31.0 Å². The molecule has 17 heavy (non-hydrogen) atoms.